The van der Waals surface area contributed by atoms with Gasteiger partial charge in [0.15, 0.2) is 0 Å². The van der Waals surface area contributed by atoms with Crippen molar-refractivity contribution in [2.45, 2.75) is 17.4 Å². The molecule has 1 atom stereocenters. The average Bonchev–Trinajstić information content (AvgIpc) is 2.42. The first-order valence-electron chi connectivity index (χ1n) is 6.12. The van der Waals surface area contributed by atoms with Gasteiger partial charge in [-0.15, -0.1) is 11.8 Å². The largest absolute Gasteiger partial charge is 0.327 e. The zero-order chi connectivity index (χ0) is 14.5. The summed E-state index contributed by atoms with van der Waals surface area (Å²) in [5.41, 5.74) is 6.63. The first kappa shape index (κ1) is 15.5. The molecule has 0 aliphatic carbocycles. The lowest BCUT2D eigenvalue weighted by atomic mass is 10.1. The molecule has 1 unspecified atom stereocenters. The monoisotopic (exact) mass is 357 g/mol. The van der Waals surface area contributed by atoms with E-state index in [1.165, 1.54) is 18.2 Å². The van der Waals surface area contributed by atoms with Gasteiger partial charge in [-0.05, 0) is 54.4 Å². The van der Waals surface area contributed by atoms with Gasteiger partial charge in [-0.25, -0.2) is 8.78 Å². The number of hydrogen-bond donors (Lipinski definition) is 1. The molecule has 0 aliphatic rings. The van der Waals surface area contributed by atoms with E-state index in [2.05, 4.69) is 15.9 Å². The van der Waals surface area contributed by atoms with Gasteiger partial charge < -0.3 is 5.73 Å². The molecule has 2 N–H and O–H groups in total. The molecule has 0 saturated carbocycles. The molecular formula is C15H14BrF2NS. The molecule has 0 spiro atoms. The van der Waals surface area contributed by atoms with Crippen LogP contribution in [0.3, 0.4) is 0 Å². The summed E-state index contributed by atoms with van der Waals surface area (Å²) in [4.78, 5) is 0.955. The molecule has 0 aromatic heterocycles. The third-order valence-corrected chi connectivity index (χ3v) is 4.46. The SMILES string of the molecule is NC(CSc1ccc(F)cc1)Cc1cc(Br)ccc1F. The van der Waals surface area contributed by atoms with Gasteiger partial charge in [-0.3, -0.25) is 0 Å². The van der Waals surface area contributed by atoms with E-state index in [0.29, 0.717) is 17.7 Å². The summed E-state index contributed by atoms with van der Waals surface area (Å²) in [6.45, 7) is 0. The molecule has 1 nitrogen and oxygen atoms in total. The summed E-state index contributed by atoms with van der Waals surface area (Å²) in [6, 6.07) is 10.9. The maximum atomic E-state index is 13.6. The molecule has 20 heavy (non-hydrogen) atoms. The molecule has 106 valence electrons. The second-order valence-electron chi connectivity index (χ2n) is 4.46. The van der Waals surface area contributed by atoms with Crippen LogP contribution in [-0.2, 0) is 6.42 Å². The van der Waals surface area contributed by atoms with Gasteiger partial charge in [0.25, 0.3) is 0 Å². The van der Waals surface area contributed by atoms with E-state index in [-0.39, 0.29) is 17.7 Å². The first-order valence-corrected chi connectivity index (χ1v) is 7.90. The molecule has 0 heterocycles. The molecule has 0 amide bonds. The summed E-state index contributed by atoms with van der Waals surface area (Å²) in [6.07, 6.45) is 0.472. The van der Waals surface area contributed by atoms with Crippen molar-refractivity contribution < 1.29 is 8.78 Å². The Labute approximate surface area is 129 Å². The highest BCUT2D eigenvalue weighted by molar-refractivity contribution is 9.10. The maximum Gasteiger partial charge on any atom is 0.126 e. The van der Waals surface area contributed by atoms with Crippen LogP contribution < -0.4 is 5.73 Å². The molecule has 0 radical (unpaired) electrons. The van der Waals surface area contributed by atoms with E-state index in [9.17, 15) is 8.78 Å². The standard InChI is InChI=1S/C15H14BrF2NS/c16-11-1-6-15(18)10(7-11)8-13(19)9-20-14-4-2-12(17)3-5-14/h1-7,13H,8-9,19H2. The Morgan fingerprint density at radius 1 is 1.10 bits per heavy atom. The fraction of sp³-hybridized carbons (Fsp3) is 0.200. The van der Waals surface area contributed by atoms with Gasteiger partial charge in [0.05, 0.1) is 0 Å². The van der Waals surface area contributed by atoms with Crippen molar-refractivity contribution in [2.24, 2.45) is 5.73 Å². The summed E-state index contributed by atoms with van der Waals surface area (Å²) >= 11 is 4.86. The van der Waals surface area contributed by atoms with Crippen molar-refractivity contribution in [3.8, 4) is 0 Å². The Hall–Kier alpha value is -0.910. The number of rotatable bonds is 5. The van der Waals surface area contributed by atoms with Gasteiger partial charge in [-0.2, -0.15) is 0 Å². The minimum absolute atomic E-state index is 0.158. The third kappa shape index (κ3) is 4.58. The van der Waals surface area contributed by atoms with Crippen LogP contribution in [-0.4, -0.2) is 11.8 Å². The number of halogens is 3. The van der Waals surface area contributed by atoms with Crippen LogP contribution in [0.1, 0.15) is 5.56 Å². The van der Waals surface area contributed by atoms with E-state index >= 15 is 0 Å². The number of hydrogen-bond acceptors (Lipinski definition) is 2. The molecule has 2 rings (SSSR count). The van der Waals surface area contributed by atoms with E-state index in [1.54, 1.807) is 36.0 Å². The van der Waals surface area contributed by atoms with Gasteiger partial charge in [0, 0.05) is 21.2 Å². The van der Waals surface area contributed by atoms with Crippen LogP contribution in [0.5, 0.6) is 0 Å². The van der Waals surface area contributed by atoms with Crippen LogP contribution in [0.2, 0.25) is 0 Å². The van der Waals surface area contributed by atoms with E-state index in [4.69, 9.17) is 5.73 Å². The van der Waals surface area contributed by atoms with Crippen LogP contribution in [0.4, 0.5) is 8.78 Å². The Balaban J connectivity index is 1.90. The fourth-order valence-electron chi connectivity index (χ4n) is 1.78. The van der Waals surface area contributed by atoms with E-state index in [1.807, 2.05) is 0 Å². The van der Waals surface area contributed by atoms with Crippen molar-refractivity contribution in [3.63, 3.8) is 0 Å². The Morgan fingerprint density at radius 2 is 1.80 bits per heavy atom. The molecule has 5 heteroatoms. The molecule has 0 aliphatic heterocycles. The van der Waals surface area contributed by atoms with E-state index in [0.717, 1.165) is 9.37 Å². The summed E-state index contributed by atoms with van der Waals surface area (Å²) in [5, 5.41) is 0. The molecular weight excluding hydrogens is 344 g/mol. The Bertz CT molecular complexity index is 575. The summed E-state index contributed by atoms with van der Waals surface area (Å²) < 4.78 is 27.2. The topological polar surface area (TPSA) is 26.0 Å². The molecule has 0 bridgehead atoms. The fourth-order valence-corrected chi connectivity index (χ4v) is 3.04. The minimum Gasteiger partial charge on any atom is -0.327 e. The van der Waals surface area contributed by atoms with Gasteiger partial charge in [0.2, 0.25) is 0 Å². The Morgan fingerprint density at radius 3 is 2.50 bits per heavy atom. The molecule has 2 aromatic carbocycles. The van der Waals surface area contributed by atoms with Crippen LogP contribution in [0.25, 0.3) is 0 Å². The van der Waals surface area contributed by atoms with Gasteiger partial charge in [-0.1, -0.05) is 15.9 Å². The lowest BCUT2D eigenvalue weighted by Gasteiger charge is -2.12. The zero-order valence-electron chi connectivity index (χ0n) is 10.7. The lowest BCUT2D eigenvalue weighted by Crippen LogP contribution is -2.26. The van der Waals surface area contributed by atoms with Crippen molar-refractivity contribution in [1.29, 1.82) is 0 Å². The number of benzene rings is 2. The first-order chi connectivity index (χ1) is 9.54. The average molecular weight is 358 g/mol. The van der Waals surface area contributed by atoms with Crippen molar-refractivity contribution in [3.05, 3.63) is 64.1 Å². The van der Waals surface area contributed by atoms with Crippen molar-refractivity contribution >= 4 is 27.7 Å². The predicted octanol–water partition coefficient (Wildman–Crippen LogP) is 4.39. The summed E-state index contributed by atoms with van der Waals surface area (Å²) in [5.74, 6) is 0.155. The normalized spacial score (nSPS) is 12.4. The second-order valence-corrected chi connectivity index (χ2v) is 6.47. The van der Waals surface area contributed by atoms with Crippen molar-refractivity contribution in [1.82, 2.24) is 0 Å². The smallest absolute Gasteiger partial charge is 0.126 e. The van der Waals surface area contributed by atoms with Crippen LogP contribution in [0, 0.1) is 11.6 Å². The number of nitrogens with two attached hydrogens (primary N) is 1. The highest BCUT2D eigenvalue weighted by atomic mass is 79.9. The molecule has 0 fully saturated rings. The molecule has 0 saturated heterocycles. The van der Waals surface area contributed by atoms with Gasteiger partial charge >= 0.3 is 0 Å². The Kier molecular flexibility index (Phi) is 5.57. The highest BCUT2D eigenvalue weighted by Gasteiger charge is 2.09. The van der Waals surface area contributed by atoms with Crippen LogP contribution >= 0.6 is 27.7 Å². The van der Waals surface area contributed by atoms with Crippen molar-refractivity contribution in [2.75, 3.05) is 5.75 Å². The highest BCUT2D eigenvalue weighted by Crippen LogP contribution is 2.21. The van der Waals surface area contributed by atoms with Gasteiger partial charge in [0.1, 0.15) is 11.6 Å². The maximum absolute atomic E-state index is 13.6. The summed E-state index contributed by atoms with van der Waals surface area (Å²) in [7, 11) is 0. The molecule has 2 aromatic rings. The van der Waals surface area contributed by atoms with E-state index < -0.39 is 0 Å². The lowest BCUT2D eigenvalue weighted by molar-refractivity contribution is 0.597. The minimum atomic E-state index is -0.255. The van der Waals surface area contributed by atoms with Crippen LogP contribution in [0.15, 0.2) is 51.8 Å². The zero-order valence-corrected chi connectivity index (χ0v) is 13.1. The second kappa shape index (κ2) is 7.20. The number of thioether (sulfide) groups is 1. The quantitative estimate of drug-likeness (QED) is 0.803. The predicted molar refractivity (Wildman–Crippen MR) is 82.9 cm³/mol. The third-order valence-electron chi connectivity index (χ3n) is 2.77.